The second-order valence-corrected chi connectivity index (χ2v) is 12.9. The smallest absolute Gasteiger partial charge is 0.137 e. The van der Waals surface area contributed by atoms with Gasteiger partial charge in [-0.1, -0.05) is 72.8 Å². The molecule has 7 heteroatoms. The van der Waals surface area contributed by atoms with E-state index in [1.54, 1.807) is 12.1 Å². The van der Waals surface area contributed by atoms with E-state index < -0.39 is 0 Å². The lowest BCUT2D eigenvalue weighted by Gasteiger charge is -2.18. The summed E-state index contributed by atoms with van der Waals surface area (Å²) in [5, 5.41) is 48.5. The molecule has 7 nitrogen and oxygen atoms in total. The Morgan fingerprint density at radius 3 is 1.72 bits per heavy atom. The second kappa shape index (κ2) is 11.2. The Labute approximate surface area is 301 Å². The molecule has 7 aromatic carbocycles. The van der Waals surface area contributed by atoms with E-state index >= 15 is 0 Å². The Bertz CT molecular complexity index is 3350. The zero-order chi connectivity index (χ0) is 35.8. The SMILES string of the molecule is N#Cc1cc(-c2c(C#N)cc(C#N)c(-n3c4ccccc4c4ccccc43)c2C#N)cc(-n2c3ccccc3c3ccc4oc5ccccc5c4c32)c1. The van der Waals surface area contributed by atoms with Gasteiger partial charge in [0, 0.05) is 38.2 Å². The summed E-state index contributed by atoms with van der Waals surface area (Å²) in [7, 11) is 0. The molecule has 0 saturated carbocycles. The maximum absolute atomic E-state index is 11.0. The van der Waals surface area contributed by atoms with Crippen molar-refractivity contribution >= 4 is 65.6 Å². The first-order chi connectivity index (χ1) is 26.1. The number of hydrogen-bond acceptors (Lipinski definition) is 5. The minimum atomic E-state index is 0.161. The van der Waals surface area contributed by atoms with Crippen molar-refractivity contribution in [3.8, 4) is 46.8 Å². The fraction of sp³-hybridized carbons (Fsp3) is 0. The fourth-order valence-electron chi connectivity index (χ4n) is 8.13. The molecule has 0 spiro atoms. The van der Waals surface area contributed by atoms with Gasteiger partial charge in [0.25, 0.3) is 0 Å². The Morgan fingerprint density at radius 2 is 1.08 bits per heavy atom. The minimum absolute atomic E-state index is 0.161. The number of fused-ring (bicyclic) bond motifs is 10. The van der Waals surface area contributed by atoms with Crippen LogP contribution in [0, 0.1) is 45.3 Å². The van der Waals surface area contributed by atoms with Gasteiger partial charge in [0.05, 0.1) is 67.5 Å². The molecule has 0 unspecified atom stereocenters. The molecule has 0 aliphatic heterocycles. The lowest BCUT2D eigenvalue weighted by atomic mass is 9.90. The summed E-state index contributed by atoms with van der Waals surface area (Å²) in [6, 6.07) is 52.1. The van der Waals surface area contributed by atoms with Crippen LogP contribution < -0.4 is 0 Å². The van der Waals surface area contributed by atoms with Crippen molar-refractivity contribution in [2.45, 2.75) is 0 Å². The molecule has 0 aliphatic rings. The van der Waals surface area contributed by atoms with Gasteiger partial charge in [-0.25, -0.2) is 0 Å². The minimum Gasteiger partial charge on any atom is -0.456 e. The van der Waals surface area contributed by atoms with Crippen molar-refractivity contribution in [3.05, 3.63) is 156 Å². The van der Waals surface area contributed by atoms with E-state index in [1.807, 2.05) is 114 Å². The van der Waals surface area contributed by atoms with Crippen molar-refractivity contribution < 1.29 is 4.42 Å². The Kier molecular flexibility index (Phi) is 6.30. The zero-order valence-corrected chi connectivity index (χ0v) is 27.8. The van der Waals surface area contributed by atoms with Crippen molar-refractivity contribution in [1.29, 1.82) is 21.0 Å². The Hall–Kier alpha value is -8.10. The van der Waals surface area contributed by atoms with Crippen molar-refractivity contribution in [3.63, 3.8) is 0 Å². The van der Waals surface area contributed by atoms with E-state index in [2.05, 4.69) is 41.0 Å². The maximum atomic E-state index is 11.0. The predicted octanol–water partition coefficient (Wildman–Crippen LogP) is 10.9. The zero-order valence-electron chi connectivity index (χ0n) is 27.8. The molecule has 10 aromatic rings. The van der Waals surface area contributed by atoms with Gasteiger partial charge < -0.3 is 13.6 Å². The Balaban J connectivity index is 1.34. The van der Waals surface area contributed by atoms with E-state index in [0.717, 1.165) is 65.6 Å². The normalized spacial score (nSPS) is 11.3. The van der Waals surface area contributed by atoms with E-state index in [1.165, 1.54) is 0 Å². The molecule has 3 heterocycles. The van der Waals surface area contributed by atoms with Crippen LogP contribution >= 0.6 is 0 Å². The van der Waals surface area contributed by atoms with Crippen LogP contribution in [0.15, 0.2) is 138 Å². The third kappa shape index (κ3) is 4.11. The first kappa shape index (κ1) is 29.8. The summed E-state index contributed by atoms with van der Waals surface area (Å²) in [5.41, 5.74) is 7.79. The number of furan rings is 1. The van der Waals surface area contributed by atoms with Crippen LogP contribution in [-0.2, 0) is 0 Å². The van der Waals surface area contributed by atoms with Gasteiger partial charge in [-0.2, -0.15) is 21.0 Å². The summed E-state index contributed by atoms with van der Waals surface area (Å²) < 4.78 is 10.4. The number of nitriles is 4. The number of benzene rings is 7. The van der Waals surface area contributed by atoms with Crippen LogP contribution in [0.4, 0.5) is 0 Å². The summed E-state index contributed by atoms with van der Waals surface area (Å²) in [6.45, 7) is 0. The highest BCUT2D eigenvalue weighted by molar-refractivity contribution is 6.24. The van der Waals surface area contributed by atoms with Gasteiger partial charge in [0.1, 0.15) is 23.3 Å². The van der Waals surface area contributed by atoms with Gasteiger partial charge in [-0.3, -0.25) is 0 Å². The molecule has 0 fully saturated rings. The summed E-state index contributed by atoms with van der Waals surface area (Å²) in [4.78, 5) is 0. The first-order valence-electron chi connectivity index (χ1n) is 16.9. The second-order valence-electron chi connectivity index (χ2n) is 12.9. The molecule has 0 aliphatic carbocycles. The van der Waals surface area contributed by atoms with Gasteiger partial charge in [-0.05, 0) is 66.2 Å². The van der Waals surface area contributed by atoms with E-state index in [4.69, 9.17) is 4.42 Å². The Morgan fingerprint density at radius 1 is 0.472 bits per heavy atom. The fourth-order valence-corrected chi connectivity index (χ4v) is 8.13. The van der Waals surface area contributed by atoms with Crippen molar-refractivity contribution in [2.24, 2.45) is 0 Å². The summed E-state index contributed by atoms with van der Waals surface area (Å²) >= 11 is 0. The number of aromatic nitrogens is 2. The number of hydrogen-bond donors (Lipinski definition) is 0. The van der Waals surface area contributed by atoms with Crippen LogP contribution in [-0.4, -0.2) is 9.13 Å². The van der Waals surface area contributed by atoms with E-state index in [-0.39, 0.29) is 16.7 Å². The lowest BCUT2D eigenvalue weighted by molar-refractivity contribution is 0.669. The molecule has 10 rings (SSSR count). The van der Waals surface area contributed by atoms with Crippen LogP contribution in [0.3, 0.4) is 0 Å². The average Bonchev–Trinajstić information content (AvgIpc) is 3.87. The van der Waals surface area contributed by atoms with Crippen LogP contribution in [0.2, 0.25) is 0 Å². The highest BCUT2D eigenvalue weighted by atomic mass is 16.3. The van der Waals surface area contributed by atoms with Crippen molar-refractivity contribution in [2.75, 3.05) is 0 Å². The van der Waals surface area contributed by atoms with Crippen LogP contribution in [0.25, 0.3) is 88.1 Å². The maximum Gasteiger partial charge on any atom is 0.137 e. The number of nitrogens with zero attached hydrogens (tertiary/aromatic N) is 6. The molecule has 53 heavy (non-hydrogen) atoms. The van der Waals surface area contributed by atoms with Crippen molar-refractivity contribution in [1.82, 2.24) is 9.13 Å². The van der Waals surface area contributed by atoms with Gasteiger partial charge in [0.15, 0.2) is 0 Å². The monoisotopic (exact) mass is 674 g/mol. The lowest BCUT2D eigenvalue weighted by Crippen LogP contribution is -2.06. The van der Waals surface area contributed by atoms with Crippen LogP contribution in [0.5, 0.6) is 0 Å². The molecule has 0 amide bonds. The van der Waals surface area contributed by atoms with Gasteiger partial charge in [-0.15, -0.1) is 0 Å². The largest absolute Gasteiger partial charge is 0.456 e. The van der Waals surface area contributed by atoms with E-state index in [0.29, 0.717) is 28.1 Å². The highest BCUT2D eigenvalue weighted by Gasteiger charge is 2.26. The molecule has 3 aromatic heterocycles. The third-order valence-corrected chi connectivity index (χ3v) is 10.2. The molecular formula is C46H22N6O. The molecule has 0 saturated heterocycles. The molecule has 0 N–H and O–H groups in total. The third-order valence-electron chi connectivity index (χ3n) is 10.2. The quantitative estimate of drug-likeness (QED) is 0.185. The molecule has 0 radical (unpaired) electrons. The van der Waals surface area contributed by atoms with Gasteiger partial charge in [0.2, 0.25) is 0 Å². The van der Waals surface area contributed by atoms with E-state index in [9.17, 15) is 21.0 Å². The molecule has 242 valence electrons. The summed E-state index contributed by atoms with van der Waals surface area (Å²) in [6.07, 6.45) is 0. The predicted molar refractivity (Wildman–Crippen MR) is 207 cm³/mol. The first-order valence-corrected chi connectivity index (χ1v) is 16.9. The van der Waals surface area contributed by atoms with Gasteiger partial charge >= 0.3 is 0 Å². The topological polar surface area (TPSA) is 118 Å². The number of para-hydroxylation sites is 4. The average molecular weight is 675 g/mol. The summed E-state index contributed by atoms with van der Waals surface area (Å²) in [5.74, 6) is 0. The highest BCUT2D eigenvalue weighted by Crippen LogP contribution is 2.43. The molecule has 0 bridgehead atoms. The molecular weight excluding hydrogens is 653 g/mol. The molecule has 0 atom stereocenters. The standard InChI is InChI=1S/C46H22N6O/c47-23-27-19-28(22-31(20-27)51-38-13-5-3-11-34(38)35-17-18-42-44(46(35)51)36-12-4-8-16-41(36)53-42)43-29(24-48)21-30(25-49)45(37(43)26-50)52-39-14-6-1-9-32(39)33-10-2-7-15-40(33)52/h1-22H. The van der Waals surface area contributed by atoms with Crippen LogP contribution in [0.1, 0.15) is 22.3 Å². The number of rotatable bonds is 3.